The van der Waals surface area contributed by atoms with E-state index in [0.29, 0.717) is 16.5 Å². The van der Waals surface area contributed by atoms with Gasteiger partial charge >= 0.3 is 5.97 Å². The molecule has 27 heavy (non-hydrogen) atoms. The van der Waals surface area contributed by atoms with Gasteiger partial charge < -0.3 is 19.8 Å². The Kier molecular flexibility index (Phi) is 5.66. The molecule has 0 fully saturated rings. The molecular weight excluding hydrogens is 368 g/mol. The maximum atomic E-state index is 12.3. The Balaban J connectivity index is 1.62. The molecule has 0 unspecified atom stereocenters. The van der Waals surface area contributed by atoms with Gasteiger partial charge in [-0.25, -0.2) is 0 Å². The van der Waals surface area contributed by atoms with Crippen LogP contribution in [0.25, 0.3) is 10.9 Å². The van der Waals surface area contributed by atoms with Crippen LogP contribution in [-0.2, 0) is 20.7 Å². The molecule has 0 aliphatic carbocycles. The van der Waals surface area contributed by atoms with Gasteiger partial charge in [0.25, 0.3) is 5.91 Å². The van der Waals surface area contributed by atoms with Crippen molar-refractivity contribution in [1.29, 1.82) is 0 Å². The number of H-pyrrole nitrogens is 1. The normalized spacial score (nSPS) is 11.8. The Bertz CT molecular complexity index is 983. The van der Waals surface area contributed by atoms with Crippen molar-refractivity contribution in [3.8, 4) is 5.75 Å². The van der Waals surface area contributed by atoms with Crippen molar-refractivity contribution in [3.63, 3.8) is 0 Å². The second-order valence-electron chi connectivity index (χ2n) is 6.00. The Morgan fingerprint density at radius 2 is 2.00 bits per heavy atom. The zero-order chi connectivity index (χ0) is 19.4. The van der Waals surface area contributed by atoms with E-state index in [1.165, 1.54) is 14.0 Å². The van der Waals surface area contributed by atoms with Crippen molar-refractivity contribution in [2.45, 2.75) is 19.4 Å². The summed E-state index contributed by atoms with van der Waals surface area (Å²) in [5.74, 6) is -0.492. The van der Waals surface area contributed by atoms with Gasteiger partial charge in [0.15, 0.2) is 6.10 Å². The first-order valence-corrected chi connectivity index (χ1v) is 8.74. The summed E-state index contributed by atoms with van der Waals surface area (Å²) in [6.07, 6.45) is 0.877. The molecule has 0 radical (unpaired) electrons. The van der Waals surface area contributed by atoms with Crippen molar-refractivity contribution < 1.29 is 19.1 Å². The van der Waals surface area contributed by atoms with Gasteiger partial charge in [-0.3, -0.25) is 9.59 Å². The largest absolute Gasteiger partial charge is 0.495 e. The first kappa shape index (κ1) is 18.8. The summed E-state index contributed by atoms with van der Waals surface area (Å²) >= 11 is 5.95. The number of methoxy groups -OCH3 is 1. The van der Waals surface area contributed by atoms with Crippen LogP contribution in [0.2, 0.25) is 5.02 Å². The van der Waals surface area contributed by atoms with Gasteiger partial charge in [0.1, 0.15) is 5.75 Å². The lowest BCUT2D eigenvalue weighted by Crippen LogP contribution is -2.30. The summed E-state index contributed by atoms with van der Waals surface area (Å²) in [5.41, 5.74) is 2.17. The van der Waals surface area contributed by atoms with Gasteiger partial charge in [0.05, 0.1) is 19.2 Å². The first-order valence-electron chi connectivity index (χ1n) is 8.37. The maximum absolute atomic E-state index is 12.3. The van der Waals surface area contributed by atoms with Gasteiger partial charge in [-0.05, 0) is 36.8 Å². The zero-order valence-electron chi connectivity index (χ0n) is 14.9. The van der Waals surface area contributed by atoms with Crippen LogP contribution in [0, 0.1) is 0 Å². The van der Waals surface area contributed by atoms with Gasteiger partial charge in [0, 0.05) is 22.1 Å². The summed E-state index contributed by atoms with van der Waals surface area (Å²) in [7, 11) is 1.49. The molecule has 6 nitrogen and oxygen atoms in total. The second kappa shape index (κ2) is 8.14. The van der Waals surface area contributed by atoms with Crippen LogP contribution in [-0.4, -0.2) is 30.1 Å². The quantitative estimate of drug-likeness (QED) is 0.629. The Morgan fingerprint density at radius 1 is 1.22 bits per heavy atom. The van der Waals surface area contributed by atoms with Crippen LogP contribution in [0.15, 0.2) is 48.7 Å². The van der Waals surface area contributed by atoms with Crippen LogP contribution in [0.5, 0.6) is 5.75 Å². The maximum Gasteiger partial charge on any atom is 0.311 e. The highest BCUT2D eigenvalue weighted by Crippen LogP contribution is 2.28. The molecule has 0 bridgehead atoms. The number of aromatic nitrogens is 1. The Morgan fingerprint density at radius 3 is 2.78 bits per heavy atom. The van der Waals surface area contributed by atoms with Crippen LogP contribution in [0.3, 0.4) is 0 Å². The zero-order valence-corrected chi connectivity index (χ0v) is 15.7. The lowest BCUT2D eigenvalue weighted by atomic mass is 10.1. The predicted octanol–water partition coefficient (Wildman–Crippen LogP) is 3.94. The number of amides is 1. The number of carbonyl (C=O) groups is 2. The minimum atomic E-state index is -0.966. The van der Waals surface area contributed by atoms with E-state index in [1.54, 1.807) is 24.4 Å². The molecule has 2 aromatic carbocycles. The molecule has 1 aromatic heterocycles. The number of fused-ring (bicyclic) bond motifs is 1. The summed E-state index contributed by atoms with van der Waals surface area (Å²) in [6, 6.07) is 12.5. The van der Waals surface area contributed by atoms with Crippen LogP contribution in [0.1, 0.15) is 12.5 Å². The smallest absolute Gasteiger partial charge is 0.311 e. The first-order chi connectivity index (χ1) is 13.0. The standard InChI is InChI=1S/C20H19ClN2O4/c1-12(20(25)23-17-10-14(21)7-8-18(17)26-2)27-19(24)9-13-11-22-16-6-4-3-5-15(13)16/h3-8,10-12,22H,9H2,1-2H3,(H,23,25)/t12-/m0/s1. The van der Waals surface area contributed by atoms with E-state index in [2.05, 4.69) is 10.3 Å². The van der Waals surface area contributed by atoms with Gasteiger partial charge in [-0.1, -0.05) is 29.8 Å². The highest BCUT2D eigenvalue weighted by molar-refractivity contribution is 6.31. The Hall–Kier alpha value is -2.99. The lowest BCUT2D eigenvalue weighted by Gasteiger charge is -2.15. The number of benzene rings is 2. The highest BCUT2D eigenvalue weighted by Gasteiger charge is 2.20. The fourth-order valence-electron chi connectivity index (χ4n) is 2.74. The van der Waals surface area contributed by atoms with Crippen molar-refractivity contribution in [2.75, 3.05) is 12.4 Å². The van der Waals surface area contributed by atoms with E-state index in [4.69, 9.17) is 21.1 Å². The molecule has 1 heterocycles. The third-order valence-electron chi connectivity index (χ3n) is 4.11. The molecule has 0 saturated heterocycles. The minimum absolute atomic E-state index is 0.0715. The minimum Gasteiger partial charge on any atom is -0.495 e. The SMILES string of the molecule is COc1ccc(Cl)cc1NC(=O)[C@H](C)OC(=O)Cc1c[nH]c2ccccc12. The fourth-order valence-corrected chi connectivity index (χ4v) is 2.91. The number of para-hydroxylation sites is 1. The Labute approximate surface area is 161 Å². The number of hydrogen-bond donors (Lipinski definition) is 2. The van der Waals surface area contributed by atoms with E-state index < -0.39 is 18.0 Å². The van der Waals surface area contributed by atoms with Gasteiger partial charge in [0.2, 0.25) is 0 Å². The highest BCUT2D eigenvalue weighted by atomic mass is 35.5. The molecule has 2 N–H and O–H groups in total. The average Bonchev–Trinajstić information content (AvgIpc) is 3.05. The van der Waals surface area contributed by atoms with Crippen molar-refractivity contribution in [2.24, 2.45) is 0 Å². The lowest BCUT2D eigenvalue weighted by molar-refractivity contribution is -0.152. The number of hydrogen-bond acceptors (Lipinski definition) is 4. The molecule has 1 amide bonds. The van der Waals surface area contributed by atoms with Gasteiger partial charge in [-0.2, -0.15) is 0 Å². The van der Waals surface area contributed by atoms with Gasteiger partial charge in [-0.15, -0.1) is 0 Å². The number of nitrogens with one attached hydrogen (secondary N) is 2. The predicted molar refractivity (Wildman–Crippen MR) is 104 cm³/mol. The molecule has 7 heteroatoms. The monoisotopic (exact) mass is 386 g/mol. The number of halogens is 1. The van der Waals surface area contributed by atoms with E-state index in [9.17, 15) is 9.59 Å². The third-order valence-corrected chi connectivity index (χ3v) is 4.34. The summed E-state index contributed by atoms with van der Waals surface area (Å²) in [4.78, 5) is 27.7. The third kappa shape index (κ3) is 4.41. The van der Waals surface area contributed by atoms with Crippen LogP contribution < -0.4 is 10.1 Å². The van der Waals surface area contributed by atoms with Crippen molar-refractivity contribution >= 4 is 40.1 Å². The van der Waals surface area contributed by atoms with E-state index >= 15 is 0 Å². The molecule has 0 aliphatic heterocycles. The number of aromatic amines is 1. The van der Waals surface area contributed by atoms with E-state index in [-0.39, 0.29) is 6.42 Å². The summed E-state index contributed by atoms with van der Waals surface area (Å²) in [6.45, 7) is 1.51. The molecule has 0 aliphatic rings. The molecule has 0 saturated carbocycles. The molecular formula is C20H19ClN2O4. The molecule has 3 aromatic rings. The molecule has 140 valence electrons. The summed E-state index contributed by atoms with van der Waals surface area (Å²) < 4.78 is 10.5. The number of anilines is 1. The number of ether oxygens (including phenoxy) is 2. The molecule has 3 rings (SSSR count). The second-order valence-corrected chi connectivity index (χ2v) is 6.44. The average molecular weight is 387 g/mol. The van der Waals surface area contributed by atoms with Crippen molar-refractivity contribution in [1.82, 2.24) is 4.98 Å². The van der Waals surface area contributed by atoms with E-state index in [0.717, 1.165) is 16.5 Å². The molecule has 0 spiro atoms. The number of carbonyl (C=O) groups excluding carboxylic acids is 2. The summed E-state index contributed by atoms with van der Waals surface area (Å²) in [5, 5.41) is 4.07. The van der Waals surface area contributed by atoms with Crippen LogP contribution >= 0.6 is 11.6 Å². The molecule has 1 atom stereocenters. The number of rotatable bonds is 6. The fraction of sp³-hybridized carbons (Fsp3) is 0.200. The van der Waals surface area contributed by atoms with E-state index in [1.807, 2.05) is 24.3 Å². The number of esters is 1. The topological polar surface area (TPSA) is 80.4 Å². The van der Waals surface area contributed by atoms with Crippen LogP contribution in [0.4, 0.5) is 5.69 Å². The van der Waals surface area contributed by atoms with Crippen molar-refractivity contribution in [3.05, 3.63) is 59.2 Å².